The van der Waals surface area contributed by atoms with Gasteiger partial charge in [-0.2, -0.15) is 4.98 Å². The second kappa shape index (κ2) is 7.61. The Morgan fingerprint density at radius 1 is 1.15 bits per heavy atom. The molecule has 0 saturated carbocycles. The van der Waals surface area contributed by atoms with Crippen LogP contribution in [0.5, 0.6) is 5.75 Å². The molecule has 6 heteroatoms. The fourth-order valence-corrected chi connectivity index (χ4v) is 3.05. The first-order valence-corrected chi connectivity index (χ1v) is 9.06. The Morgan fingerprint density at radius 2 is 1.89 bits per heavy atom. The van der Waals surface area contributed by atoms with E-state index in [2.05, 4.69) is 22.3 Å². The summed E-state index contributed by atoms with van der Waals surface area (Å²) < 4.78 is 11.1. The molecule has 0 radical (unpaired) electrons. The third kappa shape index (κ3) is 4.16. The number of aryl methyl sites for hydroxylation is 2. The van der Waals surface area contributed by atoms with Crippen molar-refractivity contribution in [3.8, 4) is 17.2 Å². The molecule has 1 aliphatic heterocycles. The van der Waals surface area contributed by atoms with E-state index < -0.39 is 0 Å². The van der Waals surface area contributed by atoms with E-state index in [4.69, 9.17) is 9.26 Å². The molecule has 138 valence electrons. The number of hydrogen-bond donors (Lipinski definition) is 0. The Balaban J connectivity index is 1.23. The van der Waals surface area contributed by atoms with Crippen molar-refractivity contribution < 1.29 is 14.1 Å². The zero-order valence-electron chi connectivity index (χ0n) is 15.2. The Labute approximate surface area is 157 Å². The number of nitrogens with zero attached hydrogens (tertiary/aromatic N) is 3. The molecule has 0 atom stereocenters. The highest BCUT2D eigenvalue weighted by atomic mass is 16.5. The minimum absolute atomic E-state index is 0.0437. The zero-order chi connectivity index (χ0) is 18.6. The quantitative estimate of drug-likeness (QED) is 0.672. The van der Waals surface area contributed by atoms with Crippen LogP contribution >= 0.6 is 0 Å². The van der Waals surface area contributed by atoms with Crippen LogP contribution in [0.3, 0.4) is 0 Å². The first-order chi connectivity index (χ1) is 13.2. The number of amides is 1. The van der Waals surface area contributed by atoms with Gasteiger partial charge >= 0.3 is 0 Å². The van der Waals surface area contributed by atoms with E-state index in [0.717, 1.165) is 17.7 Å². The summed E-state index contributed by atoms with van der Waals surface area (Å²) in [5, 5.41) is 3.79. The molecule has 2 heterocycles. The van der Waals surface area contributed by atoms with E-state index in [0.29, 0.717) is 31.2 Å². The summed E-state index contributed by atoms with van der Waals surface area (Å²) in [6.45, 7) is 3.06. The van der Waals surface area contributed by atoms with Gasteiger partial charge in [0.25, 0.3) is 5.89 Å². The summed E-state index contributed by atoms with van der Waals surface area (Å²) in [6, 6.07) is 17.6. The first kappa shape index (κ1) is 17.3. The van der Waals surface area contributed by atoms with Crippen LogP contribution < -0.4 is 4.74 Å². The van der Waals surface area contributed by atoms with E-state index in [1.807, 2.05) is 47.4 Å². The topological polar surface area (TPSA) is 68.5 Å². The molecular formula is C21H21N3O3. The molecule has 27 heavy (non-hydrogen) atoms. The van der Waals surface area contributed by atoms with Crippen molar-refractivity contribution in [3.63, 3.8) is 0 Å². The highest BCUT2D eigenvalue weighted by molar-refractivity contribution is 5.77. The number of carbonyl (C=O) groups is 1. The first-order valence-electron chi connectivity index (χ1n) is 9.06. The van der Waals surface area contributed by atoms with Crippen molar-refractivity contribution in [3.05, 3.63) is 66.0 Å². The van der Waals surface area contributed by atoms with Crippen LogP contribution in [-0.4, -0.2) is 40.1 Å². The summed E-state index contributed by atoms with van der Waals surface area (Å²) in [5.41, 5.74) is 2.05. The van der Waals surface area contributed by atoms with Crippen molar-refractivity contribution in [1.29, 1.82) is 0 Å². The molecular weight excluding hydrogens is 342 g/mol. The molecule has 6 nitrogen and oxygen atoms in total. The van der Waals surface area contributed by atoms with Gasteiger partial charge in [0.2, 0.25) is 5.91 Å². The van der Waals surface area contributed by atoms with Gasteiger partial charge in [-0.3, -0.25) is 4.79 Å². The van der Waals surface area contributed by atoms with Gasteiger partial charge in [0.05, 0.1) is 13.1 Å². The average molecular weight is 363 g/mol. The van der Waals surface area contributed by atoms with Gasteiger partial charge in [0.15, 0.2) is 5.82 Å². The van der Waals surface area contributed by atoms with Crippen LogP contribution in [0.1, 0.15) is 17.8 Å². The molecule has 0 spiro atoms. The summed E-state index contributed by atoms with van der Waals surface area (Å²) in [6.07, 6.45) is 1.36. The molecule has 3 aromatic rings. The average Bonchev–Trinajstić information content (AvgIpc) is 3.10. The van der Waals surface area contributed by atoms with Crippen molar-refractivity contribution in [1.82, 2.24) is 15.0 Å². The predicted octanol–water partition coefficient (Wildman–Crippen LogP) is 3.27. The third-order valence-corrected chi connectivity index (χ3v) is 4.60. The molecule has 0 unspecified atom stereocenters. The molecule has 1 aromatic heterocycles. The van der Waals surface area contributed by atoms with Crippen LogP contribution in [-0.2, 0) is 11.2 Å². The van der Waals surface area contributed by atoms with Gasteiger partial charge in [-0.15, -0.1) is 0 Å². The molecule has 4 rings (SSSR count). The van der Waals surface area contributed by atoms with Crippen molar-refractivity contribution >= 4 is 5.91 Å². The fraction of sp³-hybridized carbons (Fsp3) is 0.286. The summed E-state index contributed by atoms with van der Waals surface area (Å²) in [4.78, 5) is 18.3. The second-order valence-corrected chi connectivity index (χ2v) is 6.70. The molecule has 1 aliphatic rings. The minimum atomic E-state index is 0.0437. The molecule has 0 N–H and O–H groups in total. The van der Waals surface area contributed by atoms with Gasteiger partial charge in [-0.25, -0.2) is 0 Å². The Morgan fingerprint density at radius 3 is 2.56 bits per heavy atom. The number of likely N-dealkylation sites (tertiary alicyclic amines) is 1. The number of benzene rings is 2. The van der Waals surface area contributed by atoms with Crippen LogP contribution in [0.4, 0.5) is 0 Å². The molecule has 2 aromatic carbocycles. The van der Waals surface area contributed by atoms with E-state index in [-0.39, 0.29) is 12.0 Å². The van der Waals surface area contributed by atoms with Crippen LogP contribution in [0.25, 0.3) is 11.5 Å². The zero-order valence-corrected chi connectivity index (χ0v) is 15.2. The van der Waals surface area contributed by atoms with E-state index in [1.165, 1.54) is 5.56 Å². The number of ether oxygens (including phenoxy) is 1. The van der Waals surface area contributed by atoms with Gasteiger partial charge < -0.3 is 14.2 Å². The van der Waals surface area contributed by atoms with Crippen LogP contribution in [0, 0.1) is 6.92 Å². The second-order valence-electron chi connectivity index (χ2n) is 6.70. The van der Waals surface area contributed by atoms with Crippen molar-refractivity contribution in [2.75, 3.05) is 13.1 Å². The monoisotopic (exact) mass is 363 g/mol. The standard InChI is InChI=1S/C21H21N3O3/c1-15-22-21(27-23-15)17-8-10-18(11-9-17)26-19-13-24(14-19)20(25)12-7-16-5-3-2-4-6-16/h2-6,8-11,19H,7,12-14H2,1H3. The number of carbonyl (C=O) groups excluding carboxylic acids is 1. The lowest BCUT2D eigenvalue weighted by molar-refractivity contribution is -0.139. The third-order valence-electron chi connectivity index (χ3n) is 4.60. The molecule has 1 fully saturated rings. The largest absolute Gasteiger partial charge is 0.487 e. The minimum Gasteiger partial charge on any atom is -0.487 e. The number of hydrogen-bond acceptors (Lipinski definition) is 5. The van der Waals surface area contributed by atoms with Gasteiger partial charge in [0.1, 0.15) is 11.9 Å². The lowest BCUT2D eigenvalue weighted by Gasteiger charge is -2.39. The van der Waals surface area contributed by atoms with Crippen molar-refractivity contribution in [2.24, 2.45) is 0 Å². The summed E-state index contributed by atoms with van der Waals surface area (Å²) >= 11 is 0. The van der Waals surface area contributed by atoms with Gasteiger partial charge in [-0.1, -0.05) is 35.5 Å². The maximum atomic E-state index is 12.2. The Bertz CT molecular complexity index is 900. The molecule has 0 aliphatic carbocycles. The molecule has 1 amide bonds. The van der Waals surface area contributed by atoms with Crippen LogP contribution in [0.15, 0.2) is 59.1 Å². The van der Waals surface area contributed by atoms with Gasteiger partial charge in [-0.05, 0) is 43.2 Å². The highest BCUT2D eigenvalue weighted by Gasteiger charge is 2.31. The normalized spacial score (nSPS) is 14.0. The Kier molecular flexibility index (Phi) is 4.87. The van der Waals surface area contributed by atoms with E-state index in [9.17, 15) is 4.79 Å². The Hall–Kier alpha value is -3.15. The van der Waals surface area contributed by atoms with Gasteiger partial charge in [0, 0.05) is 12.0 Å². The lowest BCUT2D eigenvalue weighted by Crippen LogP contribution is -2.56. The van der Waals surface area contributed by atoms with Crippen molar-refractivity contribution in [2.45, 2.75) is 25.9 Å². The summed E-state index contributed by atoms with van der Waals surface area (Å²) in [5.74, 6) is 2.06. The molecule has 1 saturated heterocycles. The highest BCUT2D eigenvalue weighted by Crippen LogP contribution is 2.23. The van der Waals surface area contributed by atoms with Crippen LogP contribution in [0.2, 0.25) is 0 Å². The number of rotatable bonds is 6. The maximum Gasteiger partial charge on any atom is 0.257 e. The number of aromatic nitrogens is 2. The SMILES string of the molecule is Cc1noc(-c2ccc(OC3CN(C(=O)CCc4ccccc4)C3)cc2)n1. The smallest absolute Gasteiger partial charge is 0.257 e. The fourth-order valence-electron chi connectivity index (χ4n) is 3.05. The molecule has 0 bridgehead atoms. The predicted molar refractivity (Wildman–Crippen MR) is 100 cm³/mol. The lowest BCUT2D eigenvalue weighted by atomic mass is 10.1. The maximum absolute atomic E-state index is 12.2. The van der Waals surface area contributed by atoms with E-state index in [1.54, 1.807) is 6.92 Å². The van der Waals surface area contributed by atoms with E-state index >= 15 is 0 Å². The summed E-state index contributed by atoms with van der Waals surface area (Å²) in [7, 11) is 0.